The first-order valence-electron chi connectivity index (χ1n) is 11.0. The van der Waals surface area contributed by atoms with E-state index in [9.17, 15) is 0 Å². The van der Waals surface area contributed by atoms with Crippen molar-refractivity contribution in [3.63, 3.8) is 0 Å². The first-order chi connectivity index (χ1) is 16.3. The van der Waals surface area contributed by atoms with E-state index < -0.39 is 0 Å². The minimum atomic E-state index is 1.12. The molecule has 1 nitrogen and oxygen atoms in total. The van der Waals surface area contributed by atoms with Gasteiger partial charge in [-0.15, -0.1) is 22.7 Å². The molecule has 0 unspecified atom stereocenters. The predicted molar refractivity (Wildman–Crippen MR) is 147 cm³/mol. The highest BCUT2D eigenvalue weighted by molar-refractivity contribution is 7.26. The van der Waals surface area contributed by atoms with E-state index in [4.69, 9.17) is 0 Å². The molecule has 0 aliphatic carbocycles. The lowest BCUT2D eigenvalue weighted by atomic mass is 9.99. The van der Waals surface area contributed by atoms with Crippen LogP contribution in [0.1, 0.15) is 0 Å². The molecule has 7 aromatic rings. The summed E-state index contributed by atoms with van der Waals surface area (Å²) in [6, 6.07) is 39.3. The second kappa shape index (κ2) is 7.45. The van der Waals surface area contributed by atoms with Crippen LogP contribution in [-0.4, -0.2) is 0 Å². The van der Waals surface area contributed by atoms with Crippen LogP contribution < -0.4 is 5.32 Å². The van der Waals surface area contributed by atoms with E-state index in [-0.39, 0.29) is 0 Å². The van der Waals surface area contributed by atoms with Crippen LogP contribution in [0.2, 0.25) is 0 Å². The van der Waals surface area contributed by atoms with Gasteiger partial charge in [-0.2, -0.15) is 0 Å². The number of rotatable bonds is 3. The van der Waals surface area contributed by atoms with Crippen molar-refractivity contribution in [3.05, 3.63) is 109 Å². The van der Waals surface area contributed by atoms with Crippen molar-refractivity contribution in [2.45, 2.75) is 0 Å². The molecule has 0 fully saturated rings. The second-order valence-electron chi connectivity index (χ2n) is 8.26. The van der Waals surface area contributed by atoms with Crippen LogP contribution >= 0.6 is 22.7 Å². The van der Waals surface area contributed by atoms with Crippen LogP contribution in [0, 0.1) is 0 Å². The maximum absolute atomic E-state index is 3.74. The summed E-state index contributed by atoms with van der Waals surface area (Å²) in [5.74, 6) is 0. The van der Waals surface area contributed by atoms with Crippen molar-refractivity contribution in [1.82, 2.24) is 0 Å². The van der Waals surface area contributed by atoms with E-state index >= 15 is 0 Å². The van der Waals surface area contributed by atoms with E-state index in [0.717, 1.165) is 11.4 Å². The zero-order valence-electron chi connectivity index (χ0n) is 17.7. The van der Waals surface area contributed by atoms with Crippen LogP contribution in [-0.2, 0) is 0 Å². The van der Waals surface area contributed by atoms with E-state index in [2.05, 4.69) is 115 Å². The lowest BCUT2D eigenvalue weighted by Crippen LogP contribution is -1.90. The number of nitrogens with one attached hydrogen (secondary N) is 1. The molecule has 0 radical (unpaired) electrons. The summed E-state index contributed by atoms with van der Waals surface area (Å²) >= 11 is 3.72. The van der Waals surface area contributed by atoms with Gasteiger partial charge in [0, 0.05) is 51.7 Å². The van der Waals surface area contributed by atoms with Gasteiger partial charge in [0.2, 0.25) is 0 Å². The Morgan fingerprint density at radius 1 is 0.485 bits per heavy atom. The van der Waals surface area contributed by atoms with Crippen LogP contribution in [0.15, 0.2) is 109 Å². The Balaban J connectivity index is 1.41. The Labute approximate surface area is 199 Å². The molecule has 0 amide bonds. The summed E-state index contributed by atoms with van der Waals surface area (Å²) in [6.45, 7) is 0. The van der Waals surface area contributed by atoms with Gasteiger partial charge in [-0.05, 0) is 53.6 Å². The van der Waals surface area contributed by atoms with Crippen LogP contribution in [0.3, 0.4) is 0 Å². The van der Waals surface area contributed by atoms with Gasteiger partial charge in [-0.3, -0.25) is 0 Å². The van der Waals surface area contributed by atoms with E-state index in [1.807, 2.05) is 22.7 Å². The summed E-state index contributed by atoms with van der Waals surface area (Å²) in [4.78, 5) is 0. The van der Waals surface area contributed by atoms with Crippen LogP contribution in [0.5, 0.6) is 0 Å². The Kier molecular flexibility index (Phi) is 4.26. The highest BCUT2D eigenvalue weighted by atomic mass is 32.1. The average molecular weight is 458 g/mol. The maximum Gasteiger partial charge on any atom is 0.0478 e. The molecule has 156 valence electrons. The molecule has 0 saturated heterocycles. The van der Waals surface area contributed by atoms with Gasteiger partial charge >= 0.3 is 0 Å². The predicted octanol–water partition coefficient (Wildman–Crippen LogP) is 9.83. The molecule has 0 atom stereocenters. The topological polar surface area (TPSA) is 12.0 Å². The SMILES string of the molecule is c1ccc(-c2cccc3sc4ccc(Nc5cccc6sc7ccccc7c56)cc4c23)cc1. The molecule has 3 heteroatoms. The smallest absolute Gasteiger partial charge is 0.0478 e. The number of fused-ring (bicyclic) bond motifs is 6. The summed E-state index contributed by atoms with van der Waals surface area (Å²) in [7, 11) is 0. The van der Waals surface area contributed by atoms with E-state index in [1.165, 1.54) is 51.5 Å². The molecule has 7 rings (SSSR count). The first kappa shape index (κ1) is 18.9. The third kappa shape index (κ3) is 3.05. The lowest BCUT2D eigenvalue weighted by Gasteiger charge is -2.10. The Morgan fingerprint density at radius 3 is 2.06 bits per heavy atom. The fourth-order valence-electron chi connectivity index (χ4n) is 4.80. The van der Waals surface area contributed by atoms with Gasteiger partial charge in [0.15, 0.2) is 0 Å². The van der Waals surface area contributed by atoms with Crippen LogP contribution in [0.4, 0.5) is 11.4 Å². The summed E-state index contributed by atoms with van der Waals surface area (Å²) in [5, 5.41) is 9.01. The molecule has 0 aliphatic rings. The zero-order valence-corrected chi connectivity index (χ0v) is 19.3. The fraction of sp³-hybridized carbons (Fsp3) is 0. The van der Waals surface area contributed by atoms with Crippen molar-refractivity contribution in [1.29, 1.82) is 0 Å². The van der Waals surface area contributed by atoms with Crippen molar-refractivity contribution in [2.75, 3.05) is 5.32 Å². The summed E-state index contributed by atoms with van der Waals surface area (Å²) in [5.41, 5.74) is 4.83. The quantitative estimate of drug-likeness (QED) is 0.278. The fourth-order valence-corrected chi connectivity index (χ4v) is 7.04. The summed E-state index contributed by atoms with van der Waals surface area (Å²) in [6.07, 6.45) is 0. The molecular weight excluding hydrogens is 438 g/mol. The highest BCUT2D eigenvalue weighted by Crippen LogP contribution is 2.42. The van der Waals surface area contributed by atoms with E-state index in [0.29, 0.717) is 0 Å². The van der Waals surface area contributed by atoms with Gasteiger partial charge < -0.3 is 5.32 Å². The molecule has 1 N–H and O–H groups in total. The third-order valence-corrected chi connectivity index (χ3v) is 8.53. The molecule has 2 heterocycles. The minimum absolute atomic E-state index is 1.12. The van der Waals surface area contributed by atoms with Crippen molar-refractivity contribution in [2.24, 2.45) is 0 Å². The van der Waals surface area contributed by atoms with Gasteiger partial charge in [0.25, 0.3) is 0 Å². The molecular formula is C30H19NS2. The Bertz CT molecular complexity index is 1790. The number of anilines is 2. The Hall–Kier alpha value is -3.66. The minimum Gasteiger partial charge on any atom is -0.355 e. The molecule has 5 aromatic carbocycles. The number of hydrogen-bond donors (Lipinski definition) is 1. The van der Waals surface area contributed by atoms with Crippen molar-refractivity contribution < 1.29 is 0 Å². The second-order valence-corrected chi connectivity index (χ2v) is 10.4. The highest BCUT2D eigenvalue weighted by Gasteiger charge is 2.13. The van der Waals surface area contributed by atoms with Crippen molar-refractivity contribution in [3.8, 4) is 11.1 Å². The van der Waals surface area contributed by atoms with Crippen LogP contribution in [0.25, 0.3) is 51.5 Å². The normalized spacial score (nSPS) is 11.6. The van der Waals surface area contributed by atoms with Gasteiger partial charge in [-0.1, -0.05) is 66.7 Å². The molecule has 0 spiro atoms. The molecule has 0 aliphatic heterocycles. The molecule has 33 heavy (non-hydrogen) atoms. The number of thiophene rings is 2. The Morgan fingerprint density at radius 2 is 1.18 bits per heavy atom. The zero-order chi connectivity index (χ0) is 21.8. The van der Waals surface area contributed by atoms with Gasteiger partial charge in [-0.25, -0.2) is 0 Å². The molecule has 0 bridgehead atoms. The largest absolute Gasteiger partial charge is 0.355 e. The molecule has 0 saturated carbocycles. The van der Waals surface area contributed by atoms with Gasteiger partial charge in [0.05, 0.1) is 0 Å². The number of benzene rings is 5. The average Bonchev–Trinajstić information content (AvgIpc) is 3.43. The lowest BCUT2D eigenvalue weighted by molar-refractivity contribution is 1.62. The molecule has 2 aromatic heterocycles. The van der Waals surface area contributed by atoms with E-state index in [1.54, 1.807) is 0 Å². The summed E-state index contributed by atoms with van der Waals surface area (Å²) < 4.78 is 5.29. The van der Waals surface area contributed by atoms with Gasteiger partial charge in [0.1, 0.15) is 0 Å². The van der Waals surface area contributed by atoms with Crippen molar-refractivity contribution >= 4 is 74.4 Å². The standard InChI is InChI=1S/C30H19NS2/c1-2-8-19(9-3-1)21-11-6-14-27-29(21)23-18-20(16-17-26(23)33-27)31-24-12-7-15-28-30(24)22-10-4-5-13-25(22)32-28/h1-18,31H. The monoisotopic (exact) mass is 457 g/mol. The maximum atomic E-state index is 3.74. The number of hydrogen-bond acceptors (Lipinski definition) is 3. The first-order valence-corrected chi connectivity index (χ1v) is 12.7. The third-order valence-electron chi connectivity index (χ3n) is 6.26.